The number of halogens is 1. The fraction of sp³-hybridized carbons (Fsp3) is 0.611. The highest BCUT2D eigenvalue weighted by Gasteiger charge is 2.35. The Morgan fingerprint density at radius 1 is 1.44 bits per heavy atom. The molecule has 138 valence electrons. The topological polar surface area (TPSA) is 75.7 Å². The minimum Gasteiger partial charge on any atom is -0.377 e. The Kier molecular flexibility index (Phi) is 6.79. The summed E-state index contributed by atoms with van der Waals surface area (Å²) in [6.07, 6.45) is 5.95. The Balaban J connectivity index is 2.11. The molecule has 0 aromatic carbocycles. The number of likely N-dealkylation sites (tertiary alicyclic amines) is 1. The maximum absolute atomic E-state index is 12.8. The first-order valence-corrected chi connectivity index (χ1v) is 8.93. The quantitative estimate of drug-likeness (QED) is 0.725. The second-order valence-corrected chi connectivity index (χ2v) is 7.18. The van der Waals surface area contributed by atoms with E-state index in [1.807, 2.05) is 13.8 Å². The molecule has 1 unspecified atom stereocenters. The zero-order valence-corrected chi connectivity index (χ0v) is 15.6. The number of amides is 2. The van der Waals surface area contributed by atoms with Gasteiger partial charge < -0.3 is 19.7 Å². The van der Waals surface area contributed by atoms with Gasteiger partial charge in [-0.25, -0.2) is 0 Å². The zero-order chi connectivity index (χ0) is 18.6. The van der Waals surface area contributed by atoms with Gasteiger partial charge in [0.1, 0.15) is 12.3 Å². The Labute approximate surface area is 153 Å². The van der Waals surface area contributed by atoms with Gasteiger partial charge in [-0.3, -0.25) is 9.59 Å². The lowest BCUT2D eigenvalue weighted by atomic mass is 10.00. The van der Waals surface area contributed by atoms with Crippen molar-refractivity contribution in [3.63, 3.8) is 0 Å². The molecular formula is C18H25ClN2O4. The fourth-order valence-electron chi connectivity index (χ4n) is 3.13. The lowest BCUT2D eigenvalue weighted by Crippen LogP contribution is -2.53. The largest absolute Gasteiger partial charge is 0.377 e. The Morgan fingerprint density at radius 2 is 2.16 bits per heavy atom. The molecule has 0 radical (unpaired) electrons. The van der Waals surface area contributed by atoms with E-state index in [1.165, 1.54) is 0 Å². The van der Waals surface area contributed by atoms with Crippen LogP contribution < -0.4 is 5.32 Å². The van der Waals surface area contributed by atoms with Crippen LogP contribution in [0, 0.1) is 5.92 Å². The highest BCUT2D eigenvalue weighted by molar-refractivity contribution is 6.32. The minimum absolute atomic E-state index is 0.108. The minimum atomic E-state index is -0.696. The van der Waals surface area contributed by atoms with Crippen LogP contribution in [0.2, 0.25) is 0 Å². The Bertz CT molecular complexity index is 600. The number of nitrogens with zero attached hydrogens (tertiary/aromatic N) is 1. The van der Waals surface area contributed by atoms with Crippen molar-refractivity contribution in [3.05, 3.63) is 22.8 Å². The van der Waals surface area contributed by atoms with E-state index in [9.17, 15) is 14.4 Å². The summed E-state index contributed by atoms with van der Waals surface area (Å²) in [5.74, 6) is -0.711. The van der Waals surface area contributed by atoms with Gasteiger partial charge in [0.05, 0.1) is 17.7 Å². The van der Waals surface area contributed by atoms with Crippen LogP contribution in [0.25, 0.3) is 0 Å². The SMILES string of the molecule is COC1C=CC(C(=O)N[C@H](C(=O)N2CCC[C@H]2C=O)C(C)C)=C(Cl)C1. The summed E-state index contributed by atoms with van der Waals surface area (Å²) in [4.78, 5) is 38.1. The normalized spacial score (nSPS) is 24.6. The first-order chi connectivity index (χ1) is 11.9. The van der Waals surface area contributed by atoms with Gasteiger partial charge in [-0.1, -0.05) is 31.5 Å². The highest BCUT2D eigenvalue weighted by atomic mass is 35.5. The molecule has 0 aromatic rings. The van der Waals surface area contributed by atoms with Crippen LogP contribution in [0.5, 0.6) is 0 Å². The first kappa shape index (κ1) is 19.7. The van der Waals surface area contributed by atoms with E-state index in [1.54, 1.807) is 24.2 Å². The molecule has 0 spiro atoms. The summed E-state index contributed by atoms with van der Waals surface area (Å²) in [6, 6.07) is -1.09. The van der Waals surface area contributed by atoms with Gasteiger partial charge >= 0.3 is 0 Å². The van der Waals surface area contributed by atoms with Gasteiger partial charge in [0.25, 0.3) is 5.91 Å². The molecule has 1 saturated heterocycles. The van der Waals surface area contributed by atoms with E-state index in [2.05, 4.69) is 5.32 Å². The second-order valence-electron chi connectivity index (χ2n) is 6.73. The van der Waals surface area contributed by atoms with Gasteiger partial charge in [-0.05, 0) is 24.8 Å². The van der Waals surface area contributed by atoms with E-state index < -0.39 is 12.1 Å². The van der Waals surface area contributed by atoms with Gasteiger partial charge in [-0.2, -0.15) is 0 Å². The maximum atomic E-state index is 12.8. The number of aldehydes is 1. The van der Waals surface area contributed by atoms with Crippen LogP contribution in [0.15, 0.2) is 22.8 Å². The molecule has 2 rings (SSSR count). The average molecular weight is 369 g/mol. The van der Waals surface area contributed by atoms with Crippen LogP contribution in [-0.2, 0) is 19.1 Å². The van der Waals surface area contributed by atoms with E-state index in [4.69, 9.17) is 16.3 Å². The van der Waals surface area contributed by atoms with Crippen molar-refractivity contribution < 1.29 is 19.1 Å². The van der Waals surface area contributed by atoms with Crippen LogP contribution in [0.4, 0.5) is 0 Å². The predicted octanol–water partition coefficient (Wildman–Crippen LogP) is 1.78. The number of nitrogens with one attached hydrogen (secondary N) is 1. The molecule has 2 amide bonds. The molecule has 25 heavy (non-hydrogen) atoms. The molecule has 1 fully saturated rings. The van der Waals surface area contributed by atoms with E-state index in [0.717, 1.165) is 12.7 Å². The van der Waals surface area contributed by atoms with Crippen LogP contribution in [-0.4, -0.2) is 54.8 Å². The first-order valence-electron chi connectivity index (χ1n) is 8.55. The zero-order valence-electron chi connectivity index (χ0n) is 14.8. The van der Waals surface area contributed by atoms with Crippen molar-refractivity contribution in [2.45, 2.75) is 51.3 Å². The molecule has 0 bridgehead atoms. The summed E-state index contributed by atoms with van der Waals surface area (Å²) in [6.45, 7) is 4.27. The average Bonchev–Trinajstić information content (AvgIpc) is 3.07. The van der Waals surface area contributed by atoms with Crippen LogP contribution in [0.1, 0.15) is 33.1 Å². The predicted molar refractivity (Wildman–Crippen MR) is 95.0 cm³/mol. The van der Waals surface area contributed by atoms with E-state index in [-0.39, 0.29) is 23.8 Å². The standard InChI is InChI=1S/C18H25ClN2O4/c1-11(2)16(18(24)21-8-4-5-12(21)10-22)20-17(23)14-7-6-13(25-3)9-15(14)19/h6-7,10-13,16H,4-5,8-9H2,1-3H3,(H,20,23)/t12-,13?,16-/m0/s1. The molecular weight excluding hydrogens is 344 g/mol. The monoisotopic (exact) mass is 368 g/mol. The molecule has 2 aliphatic rings. The van der Waals surface area contributed by atoms with E-state index >= 15 is 0 Å². The van der Waals surface area contributed by atoms with Crippen molar-refractivity contribution in [2.24, 2.45) is 5.92 Å². The Morgan fingerprint density at radius 3 is 2.72 bits per heavy atom. The highest BCUT2D eigenvalue weighted by Crippen LogP contribution is 2.25. The van der Waals surface area contributed by atoms with Gasteiger partial charge in [0.2, 0.25) is 5.91 Å². The number of carbonyl (C=O) groups excluding carboxylic acids is 3. The molecule has 0 saturated carbocycles. The molecule has 1 heterocycles. The maximum Gasteiger partial charge on any atom is 0.253 e. The summed E-state index contributed by atoms with van der Waals surface area (Å²) in [7, 11) is 1.58. The molecule has 0 aromatic heterocycles. The molecule has 3 atom stereocenters. The van der Waals surface area contributed by atoms with Gasteiger partial charge in [0, 0.05) is 25.1 Å². The molecule has 1 aliphatic heterocycles. The summed E-state index contributed by atoms with van der Waals surface area (Å²) in [5.41, 5.74) is 0.349. The van der Waals surface area contributed by atoms with E-state index in [0.29, 0.717) is 30.0 Å². The fourth-order valence-corrected chi connectivity index (χ4v) is 3.43. The van der Waals surface area contributed by atoms with Gasteiger partial charge in [-0.15, -0.1) is 0 Å². The molecule has 1 N–H and O–H groups in total. The molecule has 1 aliphatic carbocycles. The van der Waals surface area contributed by atoms with Crippen molar-refractivity contribution in [2.75, 3.05) is 13.7 Å². The lowest BCUT2D eigenvalue weighted by molar-refractivity contribution is -0.139. The third kappa shape index (κ3) is 4.50. The number of methoxy groups -OCH3 is 1. The summed E-state index contributed by atoms with van der Waals surface area (Å²) in [5, 5.41) is 3.20. The molecule has 6 nitrogen and oxygen atoms in total. The second kappa shape index (κ2) is 8.63. The number of hydrogen-bond acceptors (Lipinski definition) is 4. The lowest BCUT2D eigenvalue weighted by Gasteiger charge is -2.29. The van der Waals surface area contributed by atoms with Crippen LogP contribution >= 0.6 is 11.6 Å². The van der Waals surface area contributed by atoms with Crippen molar-refractivity contribution in [1.82, 2.24) is 10.2 Å². The molecule has 7 heteroatoms. The number of hydrogen-bond donors (Lipinski definition) is 1. The number of ether oxygens (including phenoxy) is 1. The van der Waals surface area contributed by atoms with Crippen molar-refractivity contribution in [1.29, 1.82) is 0 Å². The number of rotatable bonds is 6. The van der Waals surface area contributed by atoms with Gasteiger partial charge in [0.15, 0.2) is 0 Å². The third-order valence-corrected chi connectivity index (χ3v) is 5.01. The van der Waals surface area contributed by atoms with Crippen molar-refractivity contribution >= 4 is 29.7 Å². The summed E-state index contributed by atoms with van der Waals surface area (Å²) >= 11 is 6.21. The smallest absolute Gasteiger partial charge is 0.253 e. The van der Waals surface area contributed by atoms with Crippen molar-refractivity contribution in [3.8, 4) is 0 Å². The number of carbonyl (C=O) groups is 3. The summed E-state index contributed by atoms with van der Waals surface area (Å²) < 4.78 is 5.21. The Hall–Kier alpha value is -1.66. The third-order valence-electron chi connectivity index (χ3n) is 4.66. The van der Waals surface area contributed by atoms with Crippen LogP contribution in [0.3, 0.4) is 0 Å².